The Morgan fingerprint density at radius 1 is 1.33 bits per heavy atom. The minimum Gasteiger partial charge on any atom is -0.491 e. The number of carbonyl (C=O) groups excluding carboxylic acids is 1. The summed E-state index contributed by atoms with van der Waals surface area (Å²) in [5, 5.41) is 15.8. The molecule has 0 radical (unpaired) electrons. The van der Waals surface area contributed by atoms with Gasteiger partial charge in [0.2, 0.25) is 5.95 Å². The molecule has 14 heteroatoms. The van der Waals surface area contributed by atoms with E-state index in [0.717, 1.165) is 6.92 Å². The summed E-state index contributed by atoms with van der Waals surface area (Å²) in [6, 6.07) is 4.42. The van der Waals surface area contributed by atoms with Crippen LogP contribution in [0.1, 0.15) is 23.7 Å². The number of nitrogen functional groups attached to an aromatic ring is 1. The number of urea groups is 1. The third-order valence-corrected chi connectivity index (χ3v) is 5.75. The van der Waals surface area contributed by atoms with Crippen LogP contribution in [-0.2, 0) is 19.6 Å². The summed E-state index contributed by atoms with van der Waals surface area (Å²) in [4.78, 5) is 22.4. The van der Waals surface area contributed by atoms with Crippen molar-refractivity contribution < 1.29 is 18.3 Å². The second-order valence-corrected chi connectivity index (χ2v) is 9.00. The number of amides is 2. The molecule has 2 aromatic heterocycles. The van der Waals surface area contributed by atoms with Gasteiger partial charge >= 0.3 is 6.03 Å². The summed E-state index contributed by atoms with van der Waals surface area (Å²) in [5.41, 5.74) is 8.12. The number of benzene rings is 1. The highest BCUT2D eigenvalue weighted by atomic mass is 35.5. The summed E-state index contributed by atoms with van der Waals surface area (Å²) in [6.07, 6.45) is 3.03. The van der Waals surface area contributed by atoms with Gasteiger partial charge < -0.3 is 20.7 Å². The van der Waals surface area contributed by atoms with Gasteiger partial charge in [-0.25, -0.2) is 23.5 Å². The van der Waals surface area contributed by atoms with E-state index < -0.39 is 18.5 Å². The van der Waals surface area contributed by atoms with E-state index in [1.165, 1.54) is 17.2 Å². The van der Waals surface area contributed by atoms with Crippen molar-refractivity contribution in [2.75, 3.05) is 18.9 Å². The monoisotopic (exact) mass is 536 g/mol. The zero-order valence-corrected chi connectivity index (χ0v) is 20.4. The van der Waals surface area contributed by atoms with Crippen LogP contribution in [0.15, 0.2) is 24.5 Å². The lowest BCUT2D eigenvalue weighted by atomic mass is 10.0. The molecule has 0 saturated carbocycles. The van der Waals surface area contributed by atoms with Crippen LogP contribution in [0.25, 0.3) is 11.3 Å². The Morgan fingerprint density at radius 3 is 2.81 bits per heavy atom. The molecule has 0 fully saturated rings. The lowest BCUT2D eigenvalue weighted by Crippen LogP contribution is -2.41. The van der Waals surface area contributed by atoms with Gasteiger partial charge in [0.15, 0.2) is 0 Å². The van der Waals surface area contributed by atoms with Crippen molar-refractivity contribution in [1.29, 1.82) is 5.26 Å². The number of halogens is 4. The van der Waals surface area contributed by atoms with Gasteiger partial charge in [-0.3, -0.25) is 4.68 Å². The van der Waals surface area contributed by atoms with E-state index in [-0.39, 0.29) is 30.7 Å². The number of alkyl halides is 2. The highest BCUT2D eigenvalue weighted by Gasteiger charge is 2.32. The molecule has 0 spiro atoms. The molecule has 0 aliphatic carbocycles. The molecular weight excluding hydrogens is 517 g/mol. The zero-order chi connectivity index (χ0) is 26.0. The second-order valence-electron chi connectivity index (χ2n) is 8.15. The van der Waals surface area contributed by atoms with Crippen molar-refractivity contribution in [3.8, 4) is 23.1 Å². The Morgan fingerprint density at radius 2 is 2.11 bits per heavy atom. The van der Waals surface area contributed by atoms with E-state index in [1.807, 2.05) is 6.07 Å². The van der Waals surface area contributed by atoms with Gasteiger partial charge in [-0.05, 0) is 12.1 Å². The van der Waals surface area contributed by atoms with Gasteiger partial charge in [0.05, 0.1) is 59.9 Å². The Balaban J connectivity index is 1.61. The Hall–Kier alpha value is -3.69. The highest BCUT2D eigenvalue weighted by molar-refractivity contribution is 6.37. The number of nitrogens with one attached hydrogen (secondary N) is 1. The quantitative estimate of drug-likeness (QED) is 0.467. The third-order valence-electron chi connectivity index (χ3n) is 5.23. The van der Waals surface area contributed by atoms with Crippen LogP contribution in [-0.4, -0.2) is 49.8 Å². The van der Waals surface area contributed by atoms with E-state index in [1.54, 1.807) is 16.9 Å². The predicted molar refractivity (Wildman–Crippen MR) is 128 cm³/mol. The van der Waals surface area contributed by atoms with Crippen LogP contribution >= 0.6 is 23.2 Å². The standard InChI is InChI=1S/C22H20Cl2F2N8O2/c1-22(25,26)11-29-21(35)33-9-14-16(10-33)31-20(28)32-19(14)18-15(24)4-13(23)5-17(18)36-3-2-34-8-12(6-27)7-30-34/h4-5,7-8H,2-3,9-11H2,1H3,(H,29,35)(H2,28,31,32). The molecule has 3 heterocycles. The first-order chi connectivity index (χ1) is 17.0. The van der Waals surface area contributed by atoms with E-state index >= 15 is 0 Å². The third kappa shape index (κ3) is 5.75. The Bertz CT molecular complexity index is 1350. The van der Waals surface area contributed by atoms with E-state index in [0.29, 0.717) is 45.4 Å². The fourth-order valence-corrected chi connectivity index (χ4v) is 4.22. The van der Waals surface area contributed by atoms with Crippen LogP contribution in [0.5, 0.6) is 5.75 Å². The molecule has 10 nitrogen and oxygen atoms in total. The van der Waals surface area contributed by atoms with Gasteiger partial charge in [-0.1, -0.05) is 23.2 Å². The molecule has 2 amide bonds. The first-order valence-corrected chi connectivity index (χ1v) is 11.4. The number of anilines is 1. The van der Waals surface area contributed by atoms with Crippen LogP contribution in [0.4, 0.5) is 19.5 Å². The average Bonchev–Trinajstić information content (AvgIpc) is 3.43. The normalized spacial score (nSPS) is 12.8. The Labute approximate surface area is 214 Å². The number of nitriles is 1. The van der Waals surface area contributed by atoms with Gasteiger partial charge in [0, 0.05) is 23.7 Å². The average molecular weight is 537 g/mol. The largest absolute Gasteiger partial charge is 0.491 e. The molecule has 0 unspecified atom stereocenters. The van der Waals surface area contributed by atoms with Crippen molar-refractivity contribution in [2.45, 2.75) is 32.5 Å². The molecule has 0 atom stereocenters. The minimum atomic E-state index is -3.05. The van der Waals surface area contributed by atoms with E-state index in [9.17, 15) is 13.6 Å². The first-order valence-electron chi connectivity index (χ1n) is 10.6. The lowest BCUT2D eigenvalue weighted by molar-refractivity contribution is 0.0239. The molecule has 0 bridgehead atoms. The van der Waals surface area contributed by atoms with Crippen LogP contribution < -0.4 is 15.8 Å². The topological polar surface area (TPSA) is 135 Å². The maximum atomic E-state index is 13.2. The van der Waals surface area contributed by atoms with Crippen LogP contribution in [0.2, 0.25) is 10.0 Å². The van der Waals surface area contributed by atoms with Crippen molar-refractivity contribution in [3.05, 3.63) is 51.4 Å². The number of carbonyl (C=O) groups is 1. The minimum absolute atomic E-state index is 0.0503. The van der Waals surface area contributed by atoms with E-state index in [2.05, 4.69) is 20.4 Å². The molecule has 3 N–H and O–H groups in total. The van der Waals surface area contributed by atoms with Crippen LogP contribution in [0, 0.1) is 11.3 Å². The summed E-state index contributed by atoms with van der Waals surface area (Å²) in [6.45, 7) is 0.526. The number of nitrogens with zero attached hydrogens (tertiary/aromatic N) is 6. The fraction of sp³-hybridized carbons (Fsp3) is 0.318. The smallest absolute Gasteiger partial charge is 0.318 e. The number of ether oxygens (including phenoxy) is 1. The highest BCUT2D eigenvalue weighted by Crippen LogP contribution is 2.42. The van der Waals surface area contributed by atoms with E-state index in [4.69, 9.17) is 38.9 Å². The lowest BCUT2D eigenvalue weighted by Gasteiger charge is -2.18. The molecule has 188 valence electrons. The van der Waals surface area contributed by atoms with Crippen molar-refractivity contribution in [1.82, 2.24) is 30.0 Å². The molecule has 3 aromatic rings. The molecule has 1 aliphatic heterocycles. The molecular formula is C22H20Cl2F2N8O2. The number of hydrogen-bond donors (Lipinski definition) is 2. The molecule has 1 aliphatic rings. The number of hydrogen-bond acceptors (Lipinski definition) is 7. The van der Waals surface area contributed by atoms with Gasteiger partial charge in [0.25, 0.3) is 5.92 Å². The summed E-state index contributed by atoms with van der Waals surface area (Å²) < 4.78 is 33.9. The number of nitrogens with two attached hydrogens (primary N) is 1. The van der Waals surface area contributed by atoms with Crippen LogP contribution in [0.3, 0.4) is 0 Å². The molecule has 4 rings (SSSR count). The summed E-state index contributed by atoms with van der Waals surface area (Å²) >= 11 is 12.8. The van der Waals surface area contributed by atoms with Crippen molar-refractivity contribution >= 4 is 35.2 Å². The first kappa shape index (κ1) is 25.4. The molecule has 1 aromatic carbocycles. The summed E-state index contributed by atoms with van der Waals surface area (Å²) in [7, 11) is 0. The Kier molecular flexibility index (Phi) is 7.14. The maximum Gasteiger partial charge on any atom is 0.318 e. The van der Waals surface area contributed by atoms with Crippen molar-refractivity contribution in [2.24, 2.45) is 0 Å². The SMILES string of the molecule is CC(F)(F)CNC(=O)N1Cc2nc(N)nc(-c3c(Cl)cc(Cl)cc3OCCn3cc(C#N)cn3)c2C1. The number of fused-ring (bicyclic) bond motifs is 1. The molecule has 0 saturated heterocycles. The fourth-order valence-electron chi connectivity index (χ4n) is 3.65. The second kappa shape index (κ2) is 10.1. The predicted octanol–water partition coefficient (Wildman–Crippen LogP) is 3.86. The zero-order valence-electron chi connectivity index (χ0n) is 18.9. The number of aromatic nitrogens is 4. The van der Waals surface area contributed by atoms with Gasteiger partial charge in [-0.15, -0.1) is 0 Å². The number of rotatable bonds is 7. The van der Waals surface area contributed by atoms with Gasteiger partial charge in [-0.2, -0.15) is 10.4 Å². The van der Waals surface area contributed by atoms with Gasteiger partial charge in [0.1, 0.15) is 18.4 Å². The van der Waals surface area contributed by atoms with Crippen molar-refractivity contribution in [3.63, 3.8) is 0 Å². The maximum absolute atomic E-state index is 13.2. The molecule has 36 heavy (non-hydrogen) atoms. The summed E-state index contributed by atoms with van der Waals surface area (Å²) in [5.74, 6) is -2.79.